The van der Waals surface area contributed by atoms with Gasteiger partial charge in [0.2, 0.25) is 0 Å². The molecule has 17 heavy (non-hydrogen) atoms. The molecule has 3 N–H and O–H groups in total. The fourth-order valence-electron chi connectivity index (χ4n) is 1.51. The van der Waals surface area contributed by atoms with Gasteiger partial charge in [-0.3, -0.25) is 11.3 Å². The highest BCUT2D eigenvalue weighted by molar-refractivity contribution is 9.10. The first kappa shape index (κ1) is 14.5. The molecule has 1 aromatic carbocycles. The first-order valence-corrected chi connectivity index (χ1v) is 5.96. The second-order valence-electron chi connectivity index (χ2n) is 3.67. The summed E-state index contributed by atoms with van der Waals surface area (Å²) in [7, 11) is 1.56. The van der Waals surface area contributed by atoms with Crippen molar-refractivity contribution in [2.75, 3.05) is 13.7 Å². The molecule has 0 amide bonds. The van der Waals surface area contributed by atoms with Crippen molar-refractivity contribution in [3.8, 4) is 0 Å². The first-order valence-electron chi connectivity index (χ1n) is 5.17. The molecule has 0 spiro atoms. The number of halogens is 3. The summed E-state index contributed by atoms with van der Waals surface area (Å²) in [4.78, 5) is 0. The molecule has 1 aromatic rings. The monoisotopic (exact) mass is 308 g/mol. The van der Waals surface area contributed by atoms with Gasteiger partial charge in [0.1, 0.15) is 11.6 Å². The zero-order chi connectivity index (χ0) is 12.8. The summed E-state index contributed by atoms with van der Waals surface area (Å²) in [6, 6.07) is 2.34. The normalized spacial score (nSPS) is 12.8. The van der Waals surface area contributed by atoms with Crippen LogP contribution in [0.2, 0.25) is 0 Å². The van der Waals surface area contributed by atoms with Crippen LogP contribution in [0.15, 0.2) is 16.6 Å². The Morgan fingerprint density at radius 1 is 1.47 bits per heavy atom. The van der Waals surface area contributed by atoms with E-state index in [1.165, 1.54) is 12.1 Å². The second-order valence-corrected chi connectivity index (χ2v) is 4.53. The lowest BCUT2D eigenvalue weighted by Crippen LogP contribution is -2.38. The van der Waals surface area contributed by atoms with Crippen molar-refractivity contribution in [1.82, 2.24) is 5.43 Å². The Bertz CT molecular complexity index is 377. The molecule has 0 aliphatic heterocycles. The number of hydrogen-bond acceptors (Lipinski definition) is 3. The Kier molecular flexibility index (Phi) is 5.97. The van der Waals surface area contributed by atoms with E-state index in [0.29, 0.717) is 13.0 Å². The summed E-state index contributed by atoms with van der Waals surface area (Å²) in [5, 5.41) is 0. The van der Waals surface area contributed by atoms with Crippen LogP contribution in [0, 0.1) is 11.6 Å². The molecular weight excluding hydrogens is 294 g/mol. The molecule has 0 heterocycles. The molecule has 0 radical (unpaired) electrons. The van der Waals surface area contributed by atoms with Gasteiger partial charge in [0, 0.05) is 25.3 Å². The van der Waals surface area contributed by atoms with Crippen LogP contribution in [0.25, 0.3) is 0 Å². The molecule has 0 aliphatic rings. The van der Waals surface area contributed by atoms with Gasteiger partial charge in [-0.05, 0) is 40.9 Å². The van der Waals surface area contributed by atoms with Gasteiger partial charge >= 0.3 is 0 Å². The number of hydrazine groups is 1. The van der Waals surface area contributed by atoms with E-state index >= 15 is 0 Å². The van der Waals surface area contributed by atoms with Crippen LogP contribution in [0.5, 0.6) is 0 Å². The summed E-state index contributed by atoms with van der Waals surface area (Å²) >= 11 is 3.03. The fourth-order valence-corrected chi connectivity index (χ4v) is 1.88. The van der Waals surface area contributed by atoms with Crippen LogP contribution in [-0.4, -0.2) is 19.8 Å². The van der Waals surface area contributed by atoms with Crippen LogP contribution in [0.3, 0.4) is 0 Å². The van der Waals surface area contributed by atoms with Gasteiger partial charge in [-0.1, -0.05) is 0 Å². The van der Waals surface area contributed by atoms with E-state index in [1.54, 1.807) is 7.11 Å². The number of nitrogens with one attached hydrogen (secondary N) is 1. The summed E-state index contributed by atoms with van der Waals surface area (Å²) in [5.41, 5.74) is 2.56. The predicted molar refractivity (Wildman–Crippen MR) is 65.4 cm³/mol. The molecule has 0 saturated carbocycles. The quantitative estimate of drug-likeness (QED) is 0.481. The van der Waals surface area contributed by atoms with Crippen molar-refractivity contribution in [2.45, 2.75) is 18.9 Å². The fraction of sp³-hybridized carbons (Fsp3) is 0.455. The Morgan fingerprint density at radius 3 is 2.76 bits per heavy atom. The molecule has 3 nitrogen and oxygen atoms in total. The van der Waals surface area contributed by atoms with Crippen LogP contribution < -0.4 is 11.3 Å². The van der Waals surface area contributed by atoms with E-state index in [2.05, 4.69) is 21.4 Å². The predicted octanol–water partition coefficient (Wildman–Crippen LogP) is 2.14. The third-order valence-electron chi connectivity index (χ3n) is 2.50. The second kappa shape index (κ2) is 7.00. The minimum absolute atomic E-state index is 0.0263. The Balaban J connectivity index is 2.81. The minimum Gasteiger partial charge on any atom is -0.385 e. The van der Waals surface area contributed by atoms with Crippen LogP contribution >= 0.6 is 15.9 Å². The van der Waals surface area contributed by atoms with Crippen molar-refractivity contribution >= 4 is 15.9 Å². The van der Waals surface area contributed by atoms with Crippen molar-refractivity contribution in [3.05, 3.63) is 33.8 Å². The van der Waals surface area contributed by atoms with Crippen molar-refractivity contribution in [1.29, 1.82) is 0 Å². The van der Waals surface area contributed by atoms with Gasteiger partial charge < -0.3 is 4.74 Å². The van der Waals surface area contributed by atoms with E-state index in [-0.39, 0.29) is 22.5 Å². The standard InChI is InChI=1S/C11H15BrF2N2O/c1-17-5-4-7(16-15)6-8-10(13)3-2-9(12)11(8)14/h2-3,7,16H,4-6,15H2,1H3. The number of nitrogens with two attached hydrogens (primary N) is 1. The Hall–Kier alpha value is -0.560. The van der Waals surface area contributed by atoms with Crippen molar-refractivity contribution < 1.29 is 13.5 Å². The zero-order valence-corrected chi connectivity index (χ0v) is 11.1. The summed E-state index contributed by atoms with van der Waals surface area (Å²) in [6.45, 7) is 0.478. The molecule has 0 fully saturated rings. The van der Waals surface area contributed by atoms with E-state index in [0.717, 1.165) is 0 Å². The SMILES string of the molecule is COCCC(Cc1c(F)ccc(Br)c1F)NN. The van der Waals surface area contributed by atoms with Crippen LogP contribution in [-0.2, 0) is 11.2 Å². The van der Waals surface area contributed by atoms with Gasteiger partial charge in [0.25, 0.3) is 0 Å². The highest BCUT2D eigenvalue weighted by atomic mass is 79.9. The molecule has 96 valence electrons. The van der Waals surface area contributed by atoms with Gasteiger partial charge in [-0.2, -0.15) is 0 Å². The topological polar surface area (TPSA) is 47.3 Å². The Morgan fingerprint density at radius 2 is 2.18 bits per heavy atom. The van der Waals surface area contributed by atoms with E-state index < -0.39 is 11.6 Å². The zero-order valence-electron chi connectivity index (χ0n) is 9.47. The lowest BCUT2D eigenvalue weighted by Gasteiger charge is -2.16. The molecule has 0 saturated heterocycles. The number of ether oxygens (including phenoxy) is 1. The largest absolute Gasteiger partial charge is 0.385 e. The number of methoxy groups -OCH3 is 1. The highest BCUT2D eigenvalue weighted by Gasteiger charge is 2.16. The third kappa shape index (κ3) is 3.99. The van der Waals surface area contributed by atoms with Gasteiger partial charge in [-0.25, -0.2) is 8.78 Å². The summed E-state index contributed by atoms with van der Waals surface area (Å²) in [6.07, 6.45) is 0.759. The molecule has 0 bridgehead atoms. The molecule has 1 unspecified atom stereocenters. The average molecular weight is 309 g/mol. The summed E-state index contributed by atoms with van der Waals surface area (Å²) in [5.74, 6) is 4.19. The maximum absolute atomic E-state index is 13.7. The van der Waals surface area contributed by atoms with E-state index in [4.69, 9.17) is 10.6 Å². The average Bonchev–Trinajstić information content (AvgIpc) is 2.33. The molecule has 6 heteroatoms. The van der Waals surface area contributed by atoms with Gasteiger partial charge in [-0.15, -0.1) is 0 Å². The Labute approximate surface area is 107 Å². The van der Waals surface area contributed by atoms with E-state index in [9.17, 15) is 8.78 Å². The third-order valence-corrected chi connectivity index (χ3v) is 3.11. The molecule has 1 rings (SSSR count). The van der Waals surface area contributed by atoms with Crippen molar-refractivity contribution in [3.63, 3.8) is 0 Å². The van der Waals surface area contributed by atoms with Crippen molar-refractivity contribution in [2.24, 2.45) is 5.84 Å². The molecule has 0 aliphatic carbocycles. The maximum atomic E-state index is 13.7. The van der Waals surface area contributed by atoms with Crippen LogP contribution in [0.4, 0.5) is 8.78 Å². The lowest BCUT2D eigenvalue weighted by atomic mass is 10.0. The smallest absolute Gasteiger partial charge is 0.143 e. The van der Waals surface area contributed by atoms with Gasteiger partial charge in [0.15, 0.2) is 0 Å². The molecule has 1 atom stereocenters. The molecular formula is C11H15BrF2N2O. The lowest BCUT2D eigenvalue weighted by molar-refractivity contribution is 0.182. The minimum atomic E-state index is -0.581. The van der Waals surface area contributed by atoms with Gasteiger partial charge in [0.05, 0.1) is 4.47 Å². The number of hydrogen-bond donors (Lipinski definition) is 2. The highest BCUT2D eigenvalue weighted by Crippen LogP contribution is 2.23. The number of rotatable bonds is 6. The summed E-state index contributed by atoms with van der Waals surface area (Å²) < 4.78 is 32.3. The number of benzene rings is 1. The van der Waals surface area contributed by atoms with E-state index in [1.807, 2.05) is 0 Å². The molecule has 0 aromatic heterocycles. The van der Waals surface area contributed by atoms with Crippen LogP contribution in [0.1, 0.15) is 12.0 Å². The maximum Gasteiger partial charge on any atom is 0.143 e. The first-order chi connectivity index (χ1) is 8.10.